The highest BCUT2D eigenvalue weighted by molar-refractivity contribution is 7.92. The van der Waals surface area contributed by atoms with E-state index in [4.69, 9.17) is 5.11 Å². The van der Waals surface area contributed by atoms with E-state index in [2.05, 4.69) is 9.71 Å². The summed E-state index contributed by atoms with van der Waals surface area (Å²) in [4.78, 5) is 14.8. The molecule has 104 valence electrons. The average molecular weight is 292 g/mol. The molecule has 0 radical (unpaired) electrons. The Kier molecular flexibility index (Phi) is 3.71. The van der Waals surface area contributed by atoms with E-state index in [1.54, 1.807) is 12.1 Å². The van der Waals surface area contributed by atoms with Gasteiger partial charge in [0.05, 0.1) is 10.5 Å². The Morgan fingerprint density at radius 3 is 2.55 bits per heavy atom. The first kappa shape index (κ1) is 14.0. The third-order valence-corrected chi connectivity index (χ3v) is 4.21. The number of carboxylic acids is 1. The molecule has 1 aromatic heterocycles. The molecule has 0 aliphatic rings. The Morgan fingerprint density at radius 1 is 1.20 bits per heavy atom. The molecule has 7 heteroatoms. The van der Waals surface area contributed by atoms with Gasteiger partial charge in [0.15, 0.2) is 0 Å². The minimum Gasteiger partial charge on any atom is -0.478 e. The van der Waals surface area contributed by atoms with E-state index in [-0.39, 0.29) is 21.8 Å². The topological polar surface area (TPSA) is 96.4 Å². The van der Waals surface area contributed by atoms with Crippen LogP contribution in [-0.2, 0) is 10.0 Å². The van der Waals surface area contributed by atoms with Crippen LogP contribution >= 0.6 is 0 Å². The van der Waals surface area contributed by atoms with Crippen molar-refractivity contribution in [1.82, 2.24) is 4.98 Å². The molecule has 2 aromatic rings. The number of nitrogens with one attached hydrogen (secondary N) is 1. The minimum absolute atomic E-state index is 0.0473. The number of carboxylic acid groups (broad SMARTS) is 1. The monoisotopic (exact) mass is 292 g/mol. The Bertz CT molecular complexity index is 742. The molecule has 0 saturated heterocycles. The Morgan fingerprint density at radius 2 is 1.95 bits per heavy atom. The van der Waals surface area contributed by atoms with Gasteiger partial charge in [-0.25, -0.2) is 18.2 Å². The zero-order chi connectivity index (χ0) is 14.8. The number of hydrogen-bond acceptors (Lipinski definition) is 4. The maximum absolute atomic E-state index is 12.3. The maximum Gasteiger partial charge on any atom is 0.335 e. The molecule has 0 atom stereocenters. The number of sulfonamides is 1. The molecule has 0 aliphatic carbocycles. The maximum atomic E-state index is 12.3. The summed E-state index contributed by atoms with van der Waals surface area (Å²) < 4.78 is 26.8. The molecule has 0 aliphatic heterocycles. The lowest BCUT2D eigenvalue weighted by atomic mass is 10.1. The van der Waals surface area contributed by atoms with Crippen molar-refractivity contribution >= 4 is 21.8 Å². The van der Waals surface area contributed by atoms with E-state index in [1.165, 1.54) is 37.4 Å². The van der Waals surface area contributed by atoms with E-state index < -0.39 is 16.0 Å². The molecule has 0 bridgehead atoms. The lowest BCUT2D eigenvalue weighted by Crippen LogP contribution is -2.16. The summed E-state index contributed by atoms with van der Waals surface area (Å²) in [7, 11) is -3.88. The van der Waals surface area contributed by atoms with Crippen LogP contribution in [0.25, 0.3) is 0 Å². The molecule has 0 saturated carbocycles. The number of anilines is 1. The van der Waals surface area contributed by atoms with Gasteiger partial charge >= 0.3 is 5.97 Å². The average Bonchev–Trinajstić information content (AvgIpc) is 2.39. The second-order valence-corrected chi connectivity index (χ2v) is 5.71. The second kappa shape index (κ2) is 5.30. The Labute approximate surface area is 116 Å². The summed E-state index contributed by atoms with van der Waals surface area (Å²) >= 11 is 0. The van der Waals surface area contributed by atoms with Crippen molar-refractivity contribution in [3.63, 3.8) is 0 Å². The number of benzene rings is 1. The van der Waals surface area contributed by atoms with Crippen molar-refractivity contribution in [3.05, 3.63) is 53.7 Å². The number of aromatic nitrogens is 1. The van der Waals surface area contributed by atoms with Crippen LogP contribution in [-0.4, -0.2) is 24.5 Å². The SMILES string of the molecule is Cc1c(C(=O)O)cccc1S(=O)(=O)Nc1ccccn1. The van der Waals surface area contributed by atoms with Gasteiger partial charge in [0.2, 0.25) is 0 Å². The van der Waals surface area contributed by atoms with E-state index in [0.29, 0.717) is 0 Å². The molecule has 2 rings (SSSR count). The predicted molar refractivity (Wildman–Crippen MR) is 73.2 cm³/mol. The van der Waals surface area contributed by atoms with Gasteiger partial charge in [-0.15, -0.1) is 0 Å². The van der Waals surface area contributed by atoms with Gasteiger partial charge < -0.3 is 5.11 Å². The fourth-order valence-corrected chi connectivity index (χ4v) is 3.03. The molecule has 2 N–H and O–H groups in total. The highest BCUT2D eigenvalue weighted by Crippen LogP contribution is 2.21. The van der Waals surface area contributed by atoms with Crippen LogP contribution in [0.5, 0.6) is 0 Å². The number of hydrogen-bond donors (Lipinski definition) is 2. The first-order valence-electron chi connectivity index (χ1n) is 5.68. The van der Waals surface area contributed by atoms with E-state index in [9.17, 15) is 13.2 Å². The summed E-state index contributed by atoms with van der Waals surface area (Å²) in [5.41, 5.74) is 0.136. The first-order valence-corrected chi connectivity index (χ1v) is 7.17. The van der Waals surface area contributed by atoms with E-state index in [1.807, 2.05) is 0 Å². The van der Waals surface area contributed by atoms with Crippen LogP contribution in [0.4, 0.5) is 5.82 Å². The minimum atomic E-state index is -3.88. The van der Waals surface area contributed by atoms with Gasteiger partial charge in [0, 0.05) is 6.20 Å². The van der Waals surface area contributed by atoms with Crippen LogP contribution < -0.4 is 4.72 Å². The smallest absolute Gasteiger partial charge is 0.335 e. The first-order chi connectivity index (χ1) is 9.42. The highest BCUT2D eigenvalue weighted by atomic mass is 32.2. The van der Waals surface area contributed by atoms with Crippen molar-refractivity contribution in [2.45, 2.75) is 11.8 Å². The van der Waals surface area contributed by atoms with Crippen molar-refractivity contribution in [2.75, 3.05) is 4.72 Å². The zero-order valence-corrected chi connectivity index (χ0v) is 11.4. The van der Waals surface area contributed by atoms with E-state index in [0.717, 1.165) is 0 Å². The van der Waals surface area contributed by atoms with Gasteiger partial charge in [0.25, 0.3) is 10.0 Å². The number of pyridine rings is 1. The molecular weight excluding hydrogens is 280 g/mol. The molecular formula is C13H12N2O4S. The van der Waals surface area contributed by atoms with Gasteiger partial charge in [-0.3, -0.25) is 4.72 Å². The van der Waals surface area contributed by atoms with Crippen molar-refractivity contribution in [2.24, 2.45) is 0 Å². The van der Waals surface area contributed by atoms with Crippen LogP contribution in [0.2, 0.25) is 0 Å². The van der Waals surface area contributed by atoms with Crippen LogP contribution in [0.3, 0.4) is 0 Å². The van der Waals surface area contributed by atoms with Crippen LogP contribution in [0.15, 0.2) is 47.5 Å². The molecule has 1 aromatic carbocycles. The summed E-state index contributed by atoms with van der Waals surface area (Å²) in [6.07, 6.45) is 1.46. The molecule has 6 nitrogen and oxygen atoms in total. The normalized spacial score (nSPS) is 11.1. The molecule has 0 unspecified atom stereocenters. The third kappa shape index (κ3) is 2.77. The summed E-state index contributed by atoms with van der Waals surface area (Å²) in [5, 5.41) is 9.02. The van der Waals surface area contributed by atoms with Crippen molar-refractivity contribution in [1.29, 1.82) is 0 Å². The van der Waals surface area contributed by atoms with Crippen molar-refractivity contribution < 1.29 is 18.3 Å². The number of rotatable bonds is 4. The fraction of sp³-hybridized carbons (Fsp3) is 0.0769. The molecule has 0 fully saturated rings. The molecule has 20 heavy (non-hydrogen) atoms. The summed E-state index contributed by atoms with van der Waals surface area (Å²) in [6, 6.07) is 8.92. The Balaban J connectivity index is 2.45. The molecule has 1 heterocycles. The van der Waals surface area contributed by atoms with Gasteiger partial charge in [-0.1, -0.05) is 12.1 Å². The second-order valence-electron chi connectivity index (χ2n) is 4.05. The van der Waals surface area contributed by atoms with Crippen LogP contribution in [0, 0.1) is 6.92 Å². The third-order valence-electron chi connectivity index (χ3n) is 2.71. The molecule has 0 spiro atoms. The standard InChI is InChI=1S/C13H12N2O4S/c1-9-10(13(16)17)5-4-6-11(9)20(18,19)15-12-7-2-3-8-14-12/h2-8H,1H3,(H,14,15)(H,16,17). The summed E-state index contributed by atoms with van der Waals surface area (Å²) in [5.74, 6) is -0.995. The largest absolute Gasteiger partial charge is 0.478 e. The fourth-order valence-electron chi connectivity index (χ4n) is 1.75. The highest BCUT2D eigenvalue weighted by Gasteiger charge is 2.20. The van der Waals surface area contributed by atoms with Gasteiger partial charge in [0.1, 0.15) is 5.82 Å². The molecule has 0 amide bonds. The van der Waals surface area contributed by atoms with Crippen LogP contribution in [0.1, 0.15) is 15.9 Å². The van der Waals surface area contributed by atoms with E-state index >= 15 is 0 Å². The van der Waals surface area contributed by atoms with Gasteiger partial charge in [-0.05, 0) is 36.8 Å². The predicted octanol–water partition coefficient (Wildman–Crippen LogP) is 1.89. The number of aromatic carboxylic acids is 1. The number of nitrogens with zero attached hydrogens (tertiary/aromatic N) is 1. The zero-order valence-electron chi connectivity index (χ0n) is 10.6. The van der Waals surface area contributed by atoms with Gasteiger partial charge in [-0.2, -0.15) is 0 Å². The summed E-state index contributed by atoms with van der Waals surface area (Å²) in [6.45, 7) is 1.45. The van der Waals surface area contributed by atoms with Crippen molar-refractivity contribution in [3.8, 4) is 0 Å². The lowest BCUT2D eigenvalue weighted by molar-refractivity contribution is 0.0696. The Hall–Kier alpha value is -2.41. The quantitative estimate of drug-likeness (QED) is 0.897. The lowest BCUT2D eigenvalue weighted by Gasteiger charge is -2.11. The number of carbonyl (C=O) groups is 1.